The molecule has 3 rings (SSSR count). The second-order valence-electron chi connectivity index (χ2n) is 7.06. The van der Waals surface area contributed by atoms with Crippen molar-refractivity contribution in [1.29, 1.82) is 0 Å². The molecular formula is C19H22N4O6S. The number of fused-ring (bicyclic) bond motifs is 1. The quantitative estimate of drug-likeness (QED) is 0.518. The monoisotopic (exact) mass is 434 g/mol. The van der Waals surface area contributed by atoms with E-state index in [0.717, 1.165) is 38.8 Å². The number of amides is 1. The van der Waals surface area contributed by atoms with Gasteiger partial charge in [0.05, 0.1) is 5.56 Å². The molecule has 0 aromatic carbocycles. The Morgan fingerprint density at radius 2 is 1.77 bits per heavy atom. The SMILES string of the molecule is CC(=O)Nc1sc2c(c1C(=O)OCC(=O)c1c(N)n(C)c(=O)n(C)c1=O)CCCC2. The number of ether oxygens (including phenoxy) is 1. The van der Waals surface area contributed by atoms with Gasteiger partial charge >= 0.3 is 11.7 Å². The molecule has 0 saturated carbocycles. The van der Waals surface area contributed by atoms with Crippen LogP contribution < -0.4 is 22.3 Å². The Morgan fingerprint density at radius 3 is 2.43 bits per heavy atom. The summed E-state index contributed by atoms with van der Waals surface area (Å²) in [5.74, 6) is -2.19. The van der Waals surface area contributed by atoms with Crippen LogP contribution in [-0.4, -0.2) is 33.4 Å². The second-order valence-corrected chi connectivity index (χ2v) is 8.17. The van der Waals surface area contributed by atoms with Crippen LogP contribution in [0.15, 0.2) is 9.59 Å². The third kappa shape index (κ3) is 3.80. The second kappa shape index (κ2) is 8.27. The van der Waals surface area contributed by atoms with Crippen molar-refractivity contribution < 1.29 is 19.1 Å². The number of esters is 1. The number of Topliss-reactive ketones (excluding diaryl/α,β-unsaturated/α-hetero) is 1. The van der Waals surface area contributed by atoms with Gasteiger partial charge in [0.1, 0.15) is 16.4 Å². The maximum absolute atomic E-state index is 12.8. The zero-order chi connectivity index (χ0) is 22.2. The predicted molar refractivity (Wildman–Crippen MR) is 111 cm³/mol. The largest absolute Gasteiger partial charge is 0.454 e. The zero-order valence-electron chi connectivity index (χ0n) is 16.9. The molecule has 0 aliphatic heterocycles. The summed E-state index contributed by atoms with van der Waals surface area (Å²) < 4.78 is 6.92. The minimum absolute atomic E-state index is 0.249. The van der Waals surface area contributed by atoms with E-state index in [1.165, 1.54) is 32.4 Å². The van der Waals surface area contributed by atoms with Gasteiger partial charge in [-0.05, 0) is 31.2 Å². The van der Waals surface area contributed by atoms with Crippen LogP contribution in [0.3, 0.4) is 0 Å². The smallest absolute Gasteiger partial charge is 0.341 e. The highest BCUT2D eigenvalue weighted by Gasteiger charge is 2.28. The maximum Gasteiger partial charge on any atom is 0.341 e. The molecule has 160 valence electrons. The standard InChI is InChI=1S/C19H22N4O6S/c1-9(24)21-16-13(10-6-4-5-7-12(10)30-16)18(27)29-8-11(25)14-15(20)22(2)19(28)23(3)17(14)26/h4-8,20H2,1-3H3,(H,21,24). The Hall–Kier alpha value is -3.21. The predicted octanol–water partition coefficient (Wildman–Crippen LogP) is 0.605. The molecule has 11 heteroatoms. The van der Waals surface area contributed by atoms with Gasteiger partial charge in [0.25, 0.3) is 5.56 Å². The van der Waals surface area contributed by atoms with Gasteiger partial charge in [0.2, 0.25) is 11.7 Å². The van der Waals surface area contributed by atoms with Crippen LogP contribution in [0.25, 0.3) is 0 Å². The number of nitrogens with one attached hydrogen (secondary N) is 1. The number of nitrogen functional groups attached to an aromatic ring is 1. The first-order valence-electron chi connectivity index (χ1n) is 9.31. The summed E-state index contributed by atoms with van der Waals surface area (Å²) in [5.41, 5.74) is 4.90. The number of hydrogen-bond acceptors (Lipinski definition) is 8. The maximum atomic E-state index is 12.8. The highest BCUT2D eigenvalue weighted by molar-refractivity contribution is 7.17. The average Bonchev–Trinajstić information content (AvgIpc) is 3.06. The minimum Gasteiger partial charge on any atom is -0.454 e. The van der Waals surface area contributed by atoms with Gasteiger partial charge < -0.3 is 15.8 Å². The Kier molecular flexibility index (Phi) is 5.92. The lowest BCUT2D eigenvalue weighted by Gasteiger charge is -2.13. The van der Waals surface area contributed by atoms with E-state index in [0.29, 0.717) is 11.4 Å². The summed E-state index contributed by atoms with van der Waals surface area (Å²) in [6.45, 7) is 0.621. The first-order valence-corrected chi connectivity index (χ1v) is 10.1. The van der Waals surface area contributed by atoms with E-state index in [9.17, 15) is 24.0 Å². The van der Waals surface area contributed by atoms with Gasteiger partial charge in [-0.25, -0.2) is 9.59 Å². The van der Waals surface area contributed by atoms with Crippen LogP contribution >= 0.6 is 11.3 Å². The molecule has 0 atom stereocenters. The molecule has 3 N–H and O–H groups in total. The van der Waals surface area contributed by atoms with Crippen LogP contribution in [-0.2, 0) is 36.5 Å². The van der Waals surface area contributed by atoms with Gasteiger partial charge in [-0.3, -0.25) is 23.5 Å². The molecule has 1 aliphatic rings. The third-order valence-corrected chi connectivity index (χ3v) is 6.20. The van der Waals surface area contributed by atoms with Gasteiger partial charge in [-0.1, -0.05) is 0 Å². The summed E-state index contributed by atoms with van der Waals surface area (Å²) in [6.07, 6.45) is 3.39. The molecule has 0 saturated heterocycles. The number of aryl methyl sites for hydroxylation is 1. The first kappa shape index (κ1) is 21.5. The van der Waals surface area contributed by atoms with E-state index >= 15 is 0 Å². The van der Waals surface area contributed by atoms with Crippen molar-refractivity contribution in [1.82, 2.24) is 9.13 Å². The topological polar surface area (TPSA) is 142 Å². The fourth-order valence-corrected chi connectivity index (χ4v) is 4.75. The molecule has 0 bridgehead atoms. The van der Waals surface area contributed by atoms with Gasteiger partial charge in [-0.2, -0.15) is 0 Å². The fraction of sp³-hybridized carbons (Fsp3) is 0.421. The zero-order valence-corrected chi connectivity index (χ0v) is 17.7. The molecule has 1 aliphatic carbocycles. The third-order valence-electron chi connectivity index (χ3n) is 4.99. The highest BCUT2D eigenvalue weighted by Crippen LogP contribution is 2.38. The lowest BCUT2D eigenvalue weighted by atomic mass is 9.95. The summed E-state index contributed by atoms with van der Waals surface area (Å²) in [7, 11) is 2.56. The number of anilines is 2. The average molecular weight is 434 g/mol. The van der Waals surface area contributed by atoms with E-state index < -0.39 is 35.2 Å². The number of nitrogens with two attached hydrogens (primary N) is 1. The Labute approximate surface area is 175 Å². The van der Waals surface area contributed by atoms with Crippen LogP contribution in [0.2, 0.25) is 0 Å². The number of hydrogen-bond donors (Lipinski definition) is 2. The molecule has 0 spiro atoms. The number of ketones is 1. The van der Waals surface area contributed by atoms with Crippen molar-refractivity contribution >= 4 is 39.8 Å². The van der Waals surface area contributed by atoms with E-state index in [1.54, 1.807) is 0 Å². The number of nitrogens with zero attached hydrogens (tertiary/aromatic N) is 2. The van der Waals surface area contributed by atoms with Crippen molar-refractivity contribution in [2.24, 2.45) is 14.1 Å². The molecule has 0 unspecified atom stereocenters. The number of thiophene rings is 1. The lowest BCUT2D eigenvalue weighted by Crippen LogP contribution is -2.42. The fourth-order valence-electron chi connectivity index (χ4n) is 3.43. The summed E-state index contributed by atoms with van der Waals surface area (Å²) in [6, 6.07) is 0. The minimum atomic E-state index is -0.858. The van der Waals surface area contributed by atoms with E-state index in [1.807, 2.05) is 0 Å². The lowest BCUT2D eigenvalue weighted by molar-refractivity contribution is -0.114. The Bertz CT molecular complexity index is 1170. The summed E-state index contributed by atoms with van der Waals surface area (Å²) >= 11 is 1.33. The van der Waals surface area contributed by atoms with E-state index in [-0.39, 0.29) is 17.3 Å². The summed E-state index contributed by atoms with van der Waals surface area (Å²) in [5, 5.41) is 3.05. The van der Waals surface area contributed by atoms with E-state index in [2.05, 4.69) is 5.32 Å². The molecule has 1 amide bonds. The first-order chi connectivity index (χ1) is 14.1. The van der Waals surface area contributed by atoms with Crippen molar-refractivity contribution in [3.63, 3.8) is 0 Å². The normalized spacial score (nSPS) is 12.9. The van der Waals surface area contributed by atoms with Crippen molar-refractivity contribution in [2.45, 2.75) is 32.6 Å². The van der Waals surface area contributed by atoms with Crippen LogP contribution in [0.4, 0.5) is 10.8 Å². The van der Waals surface area contributed by atoms with Crippen LogP contribution in [0, 0.1) is 0 Å². The number of rotatable bonds is 5. The van der Waals surface area contributed by atoms with Gasteiger partial charge in [0, 0.05) is 25.9 Å². The van der Waals surface area contributed by atoms with Gasteiger partial charge in [-0.15, -0.1) is 11.3 Å². The summed E-state index contributed by atoms with van der Waals surface area (Å²) in [4.78, 5) is 62.1. The number of carbonyl (C=O) groups excluding carboxylic acids is 3. The molecule has 30 heavy (non-hydrogen) atoms. The van der Waals surface area contributed by atoms with Gasteiger partial charge in [0.15, 0.2) is 6.61 Å². The molecule has 2 heterocycles. The van der Waals surface area contributed by atoms with Crippen LogP contribution in [0.1, 0.15) is 50.9 Å². The van der Waals surface area contributed by atoms with Crippen molar-refractivity contribution in [3.8, 4) is 0 Å². The Balaban J connectivity index is 1.88. The molecule has 10 nitrogen and oxygen atoms in total. The van der Waals surface area contributed by atoms with Crippen molar-refractivity contribution in [2.75, 3.05) is 17.7 Å². The highest BCUT2D eigenvalue weighted by atomic mass is 32.1. The molecule has 2 aromatic rings. The Morgan fingerprint density at radius 1 is 1.10 bits per heavy atom. The molecule has 0 radical (unpaired) electrons. The van der Waals surface area contributed by atoms with Crippen LogP contribution in [0.5, 0.6) is 0 Å². The molecule has 2 aromatic heterocycles. The number of aromatic nitrogens is 2. The van der Waals surface area contributed by atoms with Crippen molar-refractivity contribution in [3.05, 3.63) is 42.4 Å². The van der Waals surface area contributed by atoms with E-state index in [4.69, 9.17) is 10.5 Å². The molecular weight excluding hydrogens is 412 g/mol. The molecule has 0 fully saturated rings. The number of carbonyl (C=O) groups is 3.